The predicted molar refractivity (Wildman–Crippen MR) is 106 cm³/mol. The summed E-state index contributed by atoms with van der Waals surface area (Å²) >= 11 is 0. The van der Waals surface area contributed by atoms with E-state index in [1.54, 1.807) is 18.2 Å². The molecule has 1 N–H and O–H groups in total. The standard InChI is InChI=1S/C23H20F3NO2/c1-2-16-7-9-17(10-8-16)18-11-13-19(14-12-18)22(28)27-15-20-5-3-4-6-21(20)29-23(24,25)26/h3-14H,2,15H2,1H3,(H,27,28). The summed E-state index contributed by atoms with van der Waals surface area (Å²) in [5.74, 6) is -0.703. The minimum Gasteiger partial charge on any atom is -0.405 e. The van der Waals surface area contributed by atoms with Crippen molar-refractivity contribution in [3.05, 3.63) is 89.5 Å². The average Bonchev–Trinajstić information content (AvgIpc) is 2.72. The zero-order chi connectivity index (χ0) is 20.9. The van der Waals surface area contributed by atoms with Crippen LogP contribution in [-0.2, 0) is 13.0 Å². The molecular weight excluding hydrogens is 379 g/mol. The number of alkyl halides is 3. The fourth-order valence-electron chi connectivity index (χ4n) is 2.90. The molecule has 1 amide bonds. The van der Waals surface area contributed by atoms with E-state index in [-0.39, 0.29) is 23.8 Å². The predicted octanol–water partition coefficient (Wildman–Crippen LogP) is 5.74. The average molecular weight is 399 g/mol. The maximum absolute atomic E-state index is 12.5. The molecule has 0 aromatic heterocycles. The van der Waals surface area contributed by atoms with E-state index in [4.69, 9.17) is 0 Å². The third-order valence-electron chi connectivity index (χ3n) is 4.48. The number of hydrogen-bond donors (Lipinski definition) is 1. The fourth-order valence-corrected chi connectivity index (χ4v) is 2.90. The van der Waals surface area contributed by atoms with Crippen molar-refractivity contribution in [1.29, 1.82) is 0 Å². The third kappa shape index (κ3) is 5.60. The maximum atomic E-state index is 12.5. The highest BCUT2D eigenvalue weighted by Gasteiger charge is 2.32. The molecule has 0 saturated heterocycles. The number of halogens is 3. The first-order valence-corrected chi connectivity index (χ1v) is 9.17. The third-order valence-corrected chi connectivity index (χ3v) is 4.48. The SMILES string of the molecule is CCc1ccc(-c2ccc(C(=O)NCc3ccccc3OC(F)(F)F)cc2)cc1. The molecule has 3 aromatic rings. The fraction of sp³-hybridized carbons (Fsp3) is 0.174. The molecule has 0 atom stereocenters. The number of benzene rings is 3. The minimum atomic E-state index is -4.79. The quantitative estimate of drug-likeness (QED) is 0.574. The van der Waals surface area contributed by atoms with E-state index in [1.807, 2.05) is 24.3 Å². The van der Waals surface area contributed by atoms with Crippen LogP contribution in [0.25, 0.3) is 11.1 Å². The summed E-state index contributed by atoms with van der Waals surface area (Å²) in [5.41, 5.74) is 3.94. The van der Waals surface area contributed by atoms with Gasteiger partial charge in [0.2, 0.25) is 0 Å². The summed E-state index contributed by atoms with van der Waals surface area (Å²) < 4.78 is 41.5. The maximum Gasteiger partial charge on any atom is 0.573 e. The van der Waals surface area contributed by atoms with Gasteiger partial charge in [-0.15, -0.1) is 13.2 Å². The van der Waals surface area contributed by atoms with E-state index in [0.29, 0.717) is 5.56 Å². The summed E-state index contributed by atoms with van der Waals surface area (Å²) in [4.78, 5) is 12.4. The van der Waals surface area contributed by atoms with Gasteiger partial charge in [-0.25, -0.2) is 0 Å². The summed E-state index contributed by atoms with van der Waals surface area (Å²) in [5, 5.41) is 2.63. The lowest BCUT2D eigenvalue weighted by Crippen LogP contribution is -2.24. The van der Waals surface area contributed by atoms with Crippen molar-refractivity contribution in [3.8, 4) is 16.9 Å². The molecule has 0 aliphatic carbocycles. The number of amides is 1. The van der Waals surface area contributed by atoms with Gasteiger partial charge in [0.15, 0.2) is 0 Å². The van der Waals surface area contributed by atoms with Crippen molar-refractivity contribution < 1.29 is 22.7 Å². The molecule has 3 rings (SSSR count). The summed E-state index contributed by atoms with van der Waals surface area (Å²) in [7, 11) is 0. The Morgan fingerprint density at radius 2 is 1.48 bits per heavy atom. The number of nitrogens with one attached hydrogen (secondary N) is 1. The number of carbonyl (C=O) groups excluding carboxylic acids is 1. The molecule has 0 aliphatic heterocycles. The number of carbonyl (C=O) groups is 1. The first-order valence-electron chi connectivity index (χ1n) is 9.17. The highest BCUT2D eigenvalue weighted by atomic mass is 19.4. The van der Waals surface area contributed by atoms with E-state index in [1.165, 1.54) is 23.8 Å². The molecule has 0 saturated carbocycles. The Balaban J connectivity index is 1.66. The molecule has 0 unspecified atom stereocenters. The van der Waals surface area contributed by atoms with E-state index in [2.05, 4.69) is 29.1 Å². The first kappa shape index (κ1) is 20.5. The van der Waals surface area contributed by atoms with Crippen molar-refractivity contribution in [2.75, 3.05) is 0 Å². The van der Waals surface area contributed by atoms with Crippen LogP contribution in [0.15, 0.2) is 72.8 Å². The van der Waals surface area contributed by atoms with Gasteiger partial charge >= 0.3 is 6.36 Å². The van der Waals surface area contributed by atoms with E-state index in [9.17, 15) is 18.0 Å². The monoisotopic (exact) mass is 399 g/mol. The van der Waals surface area contributed by atoms with E-state index in [0.717, 1.165) is 17.5 Å². The van der Waals surface area contributed by atoms with Crippen LogP contribution in [0.3, 0.4) is 0 Å². The van der Waals surface area contributed by atoms with Crippen LogP contribution in [-0.4, -0.2) is 12.3 Å². The zero-order valence-corrected chi connectivity index (χ0v) is 15.8. The van der Waals surface area contributed by atoms with Crippen molar-refractivity contribution in [1.82, 2.24) is 5.32 Å². The molecule has 0 bridgehead atoms. The largest absolute Gasteiger partial charge is 0.573 e. The zero-order valence-electron chi connectivity index (χ0n) is 15.8. The smallest absolute Gasteiger partial charge is 0.405 e. The summed E-state index contributed by atoms with van der Waals surface area (Å²) in [6, 6.07) is 21.0. The molecule has 150 valence electrons. The topological polar surface area (TPSA) is 38.3 Å². The van der Waals surface area contributed by atoms with Gasteiger partial charge in [0.1, 0.15) is 5.75 Å². The van der Waals surface area contributed by atoms with Crippen LogP contribution < -0.4 is 10.1 Å². The first-order chi connectivity index (χ1) is 13.9. The molecule has 29 heavy (non-hydrogen) atoms. The Kier molecular flexibility index (Phi) is 6.22. The van der Waals surface area contributed by atoms with Crippen LogP contribution >= 0.6 is 0 Å². The molecule has 0 heterocycles. The van der Waals surface area contributed by atoms with Gasteiger partial charge < -0.3 is 10.1 Å². The number of ether oxygens (including phenoxy) is 1. The second-order valence-corrected chi connectivity index (χ2v) is 6.47. The van der Waals surface area contributed by atoms with Crippen molar-refractivity contribution in [3.63, 3.8) is 0 Å². The molecule has 0 aliphatic rings. The highest BCUT2D eigenvalue weighted by Crippen LogP contribution is 2.26. The Bertz CT molecular complexity index is 965. The summed E-state index contributed by atoms with van der Waals surface area (Å²) in [6.07, 6.45) is -3.82. The Morgan fingerprint density at radius 1 is 0.897 bits per heavy atom. The van der Waals surface area contributed by atoms with Crippen LogP contribution in [0.5, 0.6) is 5.75 Å². The Hall–Kier alpha value is -3.28. The van der Waals surface area contributed by atoms with Crippen LogP contribution in [0, 0.1) is 0 Å². The molecule has 0 radical (unpaired) electrons. The summed E-state index contributed by atoms with van der Waals surface area (Å²) in [6.45, 7) is 2.02. The van der Waals surface area contributed by atoms with E-state index < -0.39 is 6.36 Å². The van der Waals surface area contributed by atoms with Crippen molar-refractivity contribution in [2.24, 2.45) is 0 Å². The second-order valence-electron chi connectivity index (χ2n) is 6.47. The molecule has 0 spiro atoms. The van der Waals surface area contributed by atoms with Crippen LogP contribution in [0.4, 0.5) is 13.2 Å². The van der Waals surface area contributed by atoms with Crippen molar-refractivity contribution in [2.45, 2.75) is 26.3 Å². The van der Waals surface area contributed by atoms with Gasteiger partial charge in [0, 0.05) is 17.7 Å². The molecule has 3 aromatic carbocycles. The van der Waals surface area contributed by atoms with E-state index >= 15 is 0 Å². The molecule has 6 heteroatoms. The lowest BCUT2D eigenvalue weighted by Gasteiger charge is -2.13. The number of hydrogen-bond acceptors (Lipinski definition) is 2. The number of para-hydroxylation sites is 1. The van der Waals surface area contributed by atoms with Crippen molar-refractivity contribution >= 4 is 5.91 Å². The van der Waals surface area contributed by atoms with Gasteiger partial charge in [-0.3, -0.25) is 4.79 Å². The molecular formula is C23H20F3NO2. The van der Waals surface area contributed by atoms with Gasteiger partial charge in [-0.05, 0) is 41.3 Å². The minimum absolute atomic E-state index is 0.0781. The normalized spacial score (nSPS) is 11.2. The van der Waals surface area contributed by atoms with Crippen LogP contribution in [0.2, 0.25) is 0 Å². The van der Waals surface area contributed by atoms with Crippen LogP contribution in [0.1, 0.15) is 28.4 Å². The van der Waals surface area contributed by atoms with Gasteiger partial charge in [0.25, 0.3) is 5.91 Å². The molecule has 0 fully saturated rings. The lowest BCUT2D eigenvalue weighted by atomic mass is 10.0. The Morgan fingerprint density at radius 3 is 2.07 bits per heavy atom. The number of aryl methyl sites for hydroxylation is 1. The highest BCUT2D eigenvalue weighted by molar-refractivity contribution is 5.94. The van der Waals surface area contributed by atoms with Gasteiger partial charge in [0.05, 0.1) is 0 Å². The second kappa shape index (κ2) is 8.82. The Labute approximate surface area is 167 Å². The lowest BCUT2D eigenvalue weighted by molar-refractivity contribution is -0.274. The van der Waals surface area contributed by atoms with Gasteiger partial charge in [-0.2, -0.15) is 0 Å². The van der Waals surface area contributed by atoms with Gasteiger partial charge in [-0.1, -0.05) is 61.5 Å². The number of rotatable bonds is 6. The molecule has 3 nitrogen and oxygen atoms in total.